The molecule has 0 bridgehead atoms. The fourth-order valence-corrected chi connectivity index (χ4v) is 2.03. The van der Waals surface area contributed by atoms with E-state index in [9.17, 15) is 53.3 Å². The summed E-state index contributed by atoms with van der Waals surface area (Å²) in [6.07, 6.45) is -8.33. The van der Waals surface area contributed by atoms with Gasteiger partial charge in [-0.25, -0.2) is 18.0 Å². The van der Waals surface area contributed by atoms with Crippen molar-refractivity contribution in [2.24, 2.45) is 0 Å². The Labute approximate surface area is 165 Å². The quantitative estimate of drug-likeness (QED) is 0.163. The van der Waals surface area contributed by atoms with Gasteiger partial charge in [-0.3, -0.25) is 0 Å². The zero-order chi connectivity index (χ0) is 24.4. The number of rotatable bonds is 9. The second-order valence-electron chi connectivity index (χ2n) is 6.52. The van der Waals surface area contributed by atoms with Gasteiger partial charge in [0.2, 0.25) is 0 Å². The van der Waals surface area contributed by atoms with E-state index in [0.717, 1.165) is 20.8 Å². The first-order valence-corrected chi connectivity index (χ1v) is 8.95. The maximum absolute atomic E-state index is 13.5. The third-order valence-electron chi connectivity index (χ3n) is 2.91. The molecule has 0 aromatic rings. The van der Waals surface area contributed by atoms with E-state index < -0.39 is 63.8 Å². The highest BCUT2D eigenvalue weighted by Gasteiger charge is 2.69. The van der Waals surface area contributed by atoms with Crippen LogP contribution in [-0.4, -0.2) is 60.3 Å². The smallest absolute Gasteiger partial charge is 0.468 e. The number of alkyl halides is 7. The van der Waals surface area contributed by atoms with Crippen LogP contribution in [0.2, 0.25) is 0 Å². The van der Waals surface area contributed by atoms with Crippen molar-refractivity contribution < 1.29 is 67.5 Å². The van der Waals surface area contributed by atoms with E-state index in [1.54, 1.807) is 0 Å². The van der Waals surface area contributed by atoms with Crippen molar-refractivity contribution >= 4 is 22.1 Å². The lowest BCUT2D eigenvalue weighted by molar-refractivity contribution is -0.359. The lowest BCUT2D eigenvalue weighted by atomic mass is 10.1. The van der Waals surface area contributed by atoms with Crippen LogP contribution in [0.4, 0.5) is 30.7 Å². The maximum atomic E-state index is 13.5. The van der Waals surface area contributed by atoms with Crippen LogP contribution in [0.15, 0.2) is 12.7 Å². The van der Waals surface area contributed by atoms with Gasteiger partial charge in [0.05, 0.1) is 6.61 Å². The molecular formula is C14H16F7O8S-. The van der Waals surface area contributed by atoms with Gasteiger partial charge in [-0.05, 0) is 20.8 Å². The number of halogens is 7. The number of hydrogen-bond donors (Lipinski definition) is 0. The molecule has 0 aliphatic carbocycles. The third kappa shape index (κ3) is 6.28. The summed E-state index contributed by atoms with van der Waals surface area (Å²) in [6, 6.07) is 0. The van der Waals surface area contributed by atoms with Crippen molar-refractivity contribution in [1.82, 2.24) is 0 Å². The zero-order valence-corrected chi connectivity index (χ0v) is 16.3. The molecule has 0 aromatic heterocycles. The first-order chi connectivity index (χ1) is 13.0. The van der Waals surface area contributed by atoms with Crippen LogP contribution in [0, 0.1) is 0 Å². The number of hydrogen-bond acceptors (Lipinski definition) is 8. The monoisotopic (exact) mass is 477 g/mol. The van der Waals surface area contributed by atoms with Gasteiger partial charge in [0.25, 0.3) is 0 Å². The summed E-state index contributed by atoms with van der Waals surface area (Å²) in [4.78, 5) is 23.3. The van der Waals surface area contributed by atoms with Crippen molar-refractivity contribution in [1.29, 1.82) is 0 Å². The molecule has 176 valence electrons. The minimum atomic E-state index is -6.92. The van der Waals surface area contributed by atoms with Gasteiger partial charge in [0.15, 0.2) is 10.1 Å². The van der Waals surface area contributed by atoms with Crippen LogP contribution in [0.5, 0.6) is 0 Å². The molecule has 0 heterocycles. The molecule has 16 heteroatoms. The van der Waals surface area contributed by atoms with Gasteiger partial charge in [-0.2, -0.15) is 30.7 Å². The Morgan fingerprint density at radius 3 is 1.80 bits per heavy atom. The topological polar surface area (TPSA) is 119 Å². The molecule has 1 atom stereocenters. The average Bonchev–Trinajstić information content (AvgIpc) is 2.49. The van der Waals surface area contributed by atoms with Crippen LogP contribution >= 0.6 is 0 Å². The van der Waals surface area contributed by atoms with Crippen molar-refractivity contribution in [2.45, 2.75) is 55.9 Å². The molecule has 0 saturated heterocycles. The minimum Gasteiger partial charge on any atom is -0.743 e. The van der Waals surface area contributed by atoms with Gasteiger partial charge in [-0.1, -0.05) is 6.58 Å². The lowest BCUT2D eigenvalue weighted by Crippen LogP contribution is -2.59. The van der Waals surface area contributed by atoms with E-state index >= 15 is 0 Å². The number of ether oxygens (including phenoxy) is 3. The van der Waals surface area contributed by atoms with E-state index in [-0.39, 0.29) is 6.08 Å². The van der Waals surface area contributed by atoms with Gasteiger partial charge in [0, 0.05) is 12.5 Å². The molecule has 0 aliphatic heterocycles. The van der Waals surface area contributed by atoms with Crippen LogP contribution in [0.25, 0.3) is 0 Å². The molecule has 30 heavy (non-hydrogen) atoms. The molecule has 0 aliphatic rings. The largest absolute Gasteiger partial charge is 0.743 e. The Morgan fingerprint density at radius 1 is 1.00 bits per heavy atom. The summed E-state index contributed by atoms with van der Waals surface area (Å²) in [5.41, 5.74) is -1.65. The van der Waals surface area contributed by atoms with E-state index in [4.69, 9.17) is 0 Å². The van der Waals surface area contributed by atoms with E-state index in [1.807, 2.05) is 0 Å². The molecule has 0 amide bonds. The van der Waals surface area contributed by atoms with Crippen molar-refractivity contribution in [3.63, 3.8) is 0 Å². The highest BCUT2D eigenvalue weighted by Crippen LogP contribution is 2.42. The van der Waals surface area contributed by atoms with Crippen LogP contribution in [0.1, 0.15) is 27.2 Å². The summed E-state index contributed by atoms with van der Waals surface area (Å²) < 4.78 is 137. The molecule has 0 N–H and O–H groups in total. The van der Waals surface area contributed by atoms with Gasteiger partial charge in [0.1, 0.15) is 5.60 Å². The Morgan fingerprint density at radius 2 is 1.47 bits per heavy atom. The Bertz CT molecular complexity index is 770. The second kappa shape index (κ2) is 8.66. The molecule has 0 spiro atoms. The summed E-state index contributed by atoms with van der Waals surface area (Å²) >= 11 is 0. The van der Waals surface area contributed by atoms with Crippen molar-refractivity contribution in [2.75, 3.05) is 6.61 Å². The predicted octanol–water partition coefficient (Wildman–Crippen LogP) is 2.50. The van der Waals surface area contributed by atoms with Crippen LogP contribution in [-0.2, 0) is 33.9 Å². The number of carbonyl (C=O) groups is 2. The van der Waals surface area contributed by atoms with Gasteiger partial charge < -0.3 is 18.8 Å². The first-order valence-electron chi connectivity index (χ1n) is 7.55. The third-order valence-corrected chi connectivity index (χ3v) is 3.84. The van der Waals surface area contributed by atoms with Crippen LogP contribution in [0.3, 0.4) is 0 Å². The highest BCUT2D eigenvalue weighted by molar-refractivity contribution is 7.86. The Kier molecular flexibility index (Phi) is 8.10. The second-order valence-corrected chi connectivity index (χ2v) is 7.94. The Balaban J connectivity index is 6.04. The van der Waals surface area contributed by atoms with Gasteiger partial charge in [-0.15, -0.1) is 0 Å². The molecule has 8 nitrogen and oxygen atoms in total. The normalized spacial score (nSPS) is 15.8. The van der Waals surface area contributed by atoms with Gasteiger partial charge >= 0.3 is 35.1 Å². The summed E-state index contributed by atoms with van der Waals surface area (Å²) in [5.74, 6) is -14.8. The minimum absolute atomic E-state index is 0.140. The van der Waals surface area contributed by atoms with Crippen molar-refractivity contribution in [3.8, 4) is 0 Å². The summed E-state index contributed by atoms with van der Waals surface area (Å²) in [5, 5.41) is -6.21. The first kappa shape index (κ1) is 28.1. The van der Waals surface area contributed by atoms with E-state index in [2.05, 4.69) is 20.8 Å². The molecule has 0 aromatic carbocycles. The van der Waals surface area contributed by atoms with E-state index in [1.165, 1.54) is 0 Å². The van der Waals surface area contributed by atoms with Crippen molar-refractivity contribution in [3.05, 3.63) is 12.7 Å². The highest BCUT2D eigenvalue weighted by atomic mass is 32.2. The maximum Gasteiger partial charge on any atom is 0.468 e. The molecule has 0 fully saturated rings. The lowest BCUT2D eigenvalue weighted by Gasteiger charge is -2.35. The zero-order valence-electron chi connectivity index (χ0n) is 15.5. The SMILES string of the molecule is C=CC(=O)OC(OCCC(F)(F)C(F)(F)S(=O)(=O)[O-])(C(=O)OC(C)(C)C)C(F)(F)F. The predicted molar refractivity (Wildman–Crippen MR) is 81.1 cm³/mol. The molecule has 0 radical (unpaired) electrons. The number of carbonyl (C=O) groups excluding carboxylic acids is 2. The summed E-state index contributed by atoms with van der Waals surface area (Å²) in [6.45, 7) is 3.88. The fourth-order valence-electron chi connectivity index (χ4n) is 1.57. The molecule has 1 unspecified atom stereocenters. The number of esters is 2. The molecule has 0 saturated carbocycles. The molecule has 0 rings (SSSR count). The van der Waals surface area contributed by atoms with Crippen LogP contribution < -0.4 is 0 Å². The average molecular weight is 477 g/mol. The van der Waals surface area contributed by atoms with E-state index in [0.29, 0.717) is 0 Å². The Hall–Kier alpha value is -1.94. The molecular weight excluding hydrogens is 461 g/mol. The standard InChI is InChI=1S/C14H17F7O8S/c1-5-8(22)28-12(13(17,18)19,9(23)29-10(2,3)4)27-7-6-11(15,16)14(20,21)30(24,25)26/h5H,1,6-7H2,2-4H3,(H,24,25,26)/p-1. The fraction of sp³-hybridized carbons (Fsp3) is 0.714. The summed E-state index contributed by atoms with van der Waals surface area (Å²) in [7, 11) is -6.92.